The molecule has 1 unspecified atom stereocenters. The molecule has 1 fully saturated rings. The average molecular weight is 508 g/mol. The minimum atomic E-state index is -0.410. The van der Waals surface area contributed by atoms with E-state index in [1.807, 2.05) is 39.0 Å². The smallest absolute Gasteiger partial charge is 0.228 e. The quantitative estimate of drug-likeness (QED) is 0.315. The van der Waals surface area contributed by atoms with Crippen LogP contribution in [0.5, 0.6) is 0 Å². The van der Waals surface area contributed by atoms with E-state index in [1.165, 1.54) is 36.6 Å². The molecule has 37 heavy (non-hydrogen) atoms. The highest BCUT2D eigenvalue weighted by Crippen LogP contribution is 2.23. The maximum absolute atomic E-state index is 12.8. The molecule has 4 heterocycles. The van der Waals surface area contributed by atoms with Gasteiger partial charge in [0.2, 0.25) is 12.4 Å². The molecule has 10 nitrogen and oxygen atoms in total. The first-order chi connectivity index (χ1) is 17.8. The van der Waals surface area contributed by atoms with Gasteiger partial charge in [-0.15, -0.1) is 0 Å². The summed E-state index contributed by atoms with van der Waals surface area (Å²) in [5, 5.41) is 16.3. The summed E-state index contributed by atoms with van der Waals surface area (Å²) in [5.74, 6) is 2.46. The van der Waals surface area contributed by atoms with Gasteiger partial charge in [0.05, 0.1) is 18.4 Å². The molecule has 1 aliphatic carbocycles. The number of carbonyl (C=O) groups excluding carboxylic acids is 1. The Hall–Kier alpha value is -4.15. The van der Waals surface area contributed by atoms with Gasteiger partial charge in [-0.1, -0.05) is 38.7 Å². The van der Waals surface area contributed by atoms with E-state index in [2.05, 4.69) is 47.8 Å². The molecule has 11 heteroatoms. The van der Waals surface area contributed by atoms with E-state index in [0.717, 1.165) is 34.9 Å². The van der Waals surface area contributed by atoms with Crippen LogP contribution in [0.25, 0.3) is 5.82 Å². The summed E-state index contributed by atoms with van der Waals surface area (Å²) in [6.45, 7) is 8.05. The molecular weight excluding hydrogens is 473 g/mol. The van der Waals surface area contributed by atoms with E-state index in [1.54, 1.807) is 18.5 Å². The molecule has 0 bridgehead atoms. The first-order valence-corrected chi connectivity index (χ1v) is 12.3. The van der Waals surface area contributed by atoms with E-state index in [-0.39, 0.29) is 6.04 Å². The second-order valence-electron chi connectivity index (χ2n) is 9.03. The number of carbonyl (C=O) groups is 1. The summed E-state index contributed by atoms with van der Waals surface area (Å²) in [6.07, 6.45) is 12.3. The molecule has 1 amide bonds. The maximum atomic E-state index is 12.8. The van der Waals surface area contributed by atoms with Crippen molar-refractivity contribution in [2.45, 2.75) is 59.4 Å². The van der Waals surface area contributed by atoms with Crippen molar-refractivity contribution in [3.05, 3.63) is 71.8 Å². The zero-order valence-corrected chi connectivity index (χ0v) is 21.6. The number of aryl methyl sites for hydroxylation is 2. The van der Waals surface area contributed by atoms with Crippen LogP contribution < -0.4 is 10.6 Å². The van der Waals surface area contributed by atoms with Crippen molar-refractivity contribution in [3.8, 4) is 5.82 Å². The van der Waals surface area contributed by atoms with Crippen LogP contribution in [-0.2, 0) is 4.79 Å². The topological polar surface area (TPSA) is 126 Å². The van der Waals surface area contributed by atoms with Crippen molar-refractivity contribution < 1.29 is 9.18 Å². The van der Waals surface area contributed by atoms with Gasteiger partial charge >= 0.3 is 0 Å². The number of nitrogens with one attached hydrogen (secondary N) is 3. The zero-order valence-electron chi connectivity index (χ0n) is 21.6. The van der Waals surface area contributed by atoms with Crippen LogP contribution in [0.2, 0.25) is 0 Å². The van der Waals surface area contributed by atoms with Crippen LogP contribution in [0.1, 0.15) is 62.5 Å². The van der Waals surface area contributed by atoms with Crippen LogP contribution in [-0.4, -0.2) is 41.3 Å². The van der Waals surface area contributed by atoms with E-state index in [9.17, 15) is 9.18 Å². The Morgan fingerprint density at radius 1 is 1.16 bits per heavy atom. The van der Waals surface area contributed by atoms with Gasteiger partial charge in [0, 0.05) is 29.8 Å². The largest absolute Gasteiger partial charge is 0.352 e. The van der Waals surface area contributed by atoms with Gasteiger partial charge in [0.15, 0.2) is 17.5 Å². The van der Waals surface area contributed by atoms with E-state index in [4.69, 9.17) is 0 Å². The summed E-state index contributed by atoms with van der Waals surface area (Å²) < 4.78 is 14.1. The van der Waals surface area contributed by atoms with Crippen LogP contribution in [0.15, 0.2) is 49.1 Å². The van der Waals surface area contributed by atoms with Crippen molar-refractivity contribution in [2.24, 2.45) is 5.92 Å². The third-order valence-corrected chi connectivity index (χ3v) is 5.76. The predicted molar refractivity (Wildman–Crippen MR) is 140 cm³/mol. The van der Waals surface area contributed by atoms with Crippen LogP contribution >= 0.6 is 0 Å². The van der Waals surface area contributed by atoms with E-state index >= 15 is 0 Å². The van der Waals surface area contributed by atoms with Gasteiger partial charge in [-0.25, -0.2) is 24.0 Å². The van der Waals surface area contributed by atoms with Gasteiger partial charge < -0.3 is 10.6 Å². The van der Waals surface area contributed by atoms with Crippen LogP contribution in [0.3, 0.4) is 0 Å². The zero-order chi connectivity index (χ0) is 26.6. The predicted octanol–water partition coefficient (Wildman–Crippen LogP) is 4.97. The number of rotatable bonds is 6. The van der Waals surface area contributed by atoms with E-state index < -0.39 is 5.82 Å². The fraction of sp³-hybridized carbons (Fsp3) is 0.385. The Morgan fingerprint density at radius 2 is 1.95 bits per heavy atom. The number of anilines is 2. The number of H-pyrrole nitrogens is 1. The van der Waals surface area contributed by atoms with Gasteiger partial charge in [-0.2, -0.15) is 10.2 Å². The second kappa shape index (κ2) is 13.8. The number of nitrogens with zero attached hydrogens (tertiary/aromatic N) is 6. The molecule has 3 N–H and O–H groups in total. The van der Waals surface area contributed by atoms with Crippen molar-refractivity contribution in [3.63, 3.8) is 0 Å². The molecule has 5 rings (SSSR count). The number of pyridine rings is 1. The second-order valence-corrected chi connectivity index (χ2v) is 9.03. The standard InChI is InChI=1S/C11H11FN4O.C9H11N5.C6H12/c1-8(14-7-17)9-2-3-11(13-4-9)16-6-10(12)5-15-16;1-6-3-4-10-9(11-6)12-8-5-7(2)13-14-8;1-6-4-2-3-5-6/h2-8H,1H3,(H,14,17);3-5H,1-2H3,(H2,10,11,12,13,14);6H,2-5H2,1H3. The summed E-state index contributed by atoms with van der Waals surface area (Å²) in [5.41, 5.74) is 2.79. The summed E-state index contributed by atoms with van der Waals surface area (Å²) in [6, 6.07) is 7.16. The lowest BCUT2D eigenvalue weighted by Gasteiger charge is -2.10. The normalized spacial score (nSPS) is 13.5. The molecule has 1 saturated carbocycles. The lowest BCUT2D eigenvalue weighted by atomic mass is 10.1. The van der Waals surface area contributed by atoms with Gasteiger partial charge in [-0.3, -0.25) is 9.89 Å². The van der Waals surface area contributed by atoms with Gasteiger partial charge in [0.25, 0.3) is 0 Å². The highest BCUT2D eigenvalue weighted by atomic mass is 19.1. The number of halogens is 1. The lowest BCUT2D eigenvalue weighted by molar-refractivity contribution is -0.110. The maximum Gasteiger partial charge on any atom is 0.228 e. The Bertz CT molecular complexity index is 1230. The Kier molecular flexibility index (Phi) is 10.2. The molecule has 0 aromatic carbocycles. The van der Waals surface area contributed by atoms with Crippen LogP contribution in [0.4, 0.5) is 16.2 Å². The lowest BCUT2D eigenvalue weighted by Crippen LogP contribution is -2.16. The Balaban J connectivity index is 0.000000170. The number of aromatic nitrogens is 7. The molecule has 1 aliphatic rings. The molecule has 196 valence electrons. The number of amides is 1. The fourth-order valence-corrected chi connectivity index (χ4v) is 3.65. The highest BCUT2D eigenvalue weighted by Gasteiger charge is 2.07. The van der Waals surface area contributed by atoms with Crippen molar-refractivity contribution in [1.29, 1.82) is 0 Å². The molecule has 4 aromatic heterocycles. The number of hydrogen-bond donors (Lipinski definition) is 3. The van der Waals surface area contributed by atoms with Crippen molar-refractivity contribution in [1.82, 2.24) is 40.2 Å². The molecular formula is C26H34FN9O. The Labute approximate surface area is 216 Å². The molecule has 0 saturated heterocycles. The van der Waals surface area contributed by atoms with Gasteiger partial charge in [0.1, 0.15) is 0 Å². The van der Waals surface area contributed by atoms with Crippen LogP contribution in [0, 0.1) is 25.6 Å². The molecule has 0 aliphatic heterocycles. The van der Waals surface area contributed by atoms with Crippen molar-refractivity contribution in [2.75, 3.05) is 5.32 Å². The minimum Gasteiger partial charge on any atom is -0.352 e. The highest BCUT2D eigenvalue weighted by molar-refractivity contribution is 5.48. The molecule has 1 atom stereocenters. The third kappa shape index (κ3) is 9.10. The summed E-state index contributed by atoms with van der Waals surface area (Å²) in [7, 11) is 0. The van der Waals surface area contributed by atoms with Crippen molar-refractivity contribution >= 4 is 18.2 Å². The third-order valence-electron chi connectivity index (χ3n) is 5.76. The Morgan fingerprint density at radius 3 is 2.46 bits per heavy atom. The monoisotopic (exact) mass is 507 g/mol. The number of aromatic amines is 1. The average Bonchev–Trinajstić information content (AvgIpc) is 3.63. The van der Waals surface area contributed by atoms with Gasteiger partial charge in [-0.05, 0) is 44.4 Å². The first kappa shape index (κ1) is 27.4. The molecule has 4 aromatic rings. The fourth-order valence-electron chi connectivity index (χ4n) is 3.65. The first-order valence-electron chi connectivity index (χ1n) is 12.3. The summed E-state index contributed by atoms with van der Waals surface area (Å²) in [4.78, 5) is 22.7. The number of hydrogen-bond acceptors (Lipinski definition) is 7. The molecule has 0 spiro atoms. The summed E-state index contributed by atoms with van der Waals surface area (Å²) >= 11 is 0. The SMILES string of the molecule is CC(NC=O)c1ccc(-n2cc(F)cn2)nc1.CC1CCCC1.Cc1ccnc(Nc2cc(C)[nH]n2)n1. The minimum absolute atomic E-state index is 0.108. The van der Waals surface area contributed by atoms with E-state index in [0.29, 0.717) is 18.2 Å². The molecule has 0 radical (unpaired) electrons.